The van der Waals surface area contributed by atoms with E-state index in [-0.39, 0.29) is 5.82 Å². The first kappa shape index (κ1) is 16.1. The summed E-state index contributed by atoms with van der Waals surface area (Å²) >= 11 is 5.71. The molecule has 0 aliphatic rings. The van der Waals surface area contributed by atoms with Crippen LogP contribution in [0.1, 0.15) is 31.7 Å². The molecule has 1 aromatic heterocycles. The van der Waals surface area contributed by atoms with Crippen LogP contribution in [0.3, 0.4) is 0 Å². The SMILES string of the molecule is CCCC(CCCl)CNc1cc(C(F)(F)F)ccn1. The van der Waals surface area contributed by atoms with Crippen LogP contribution in [0.15, 0.2) is 18.3 Å². The molecular formula is C13H18ClF3N2. The number of nitrogens with zero attached hydrogens (tertiary/aromatic N) is 1. The van der Waals surface area contributed by atoms with Crippen LogP contribution in [0.2, 0.25) is 0 Å². The average molecular weight is 295 g/mol. The fraction of sp³-hybridized carbons (Fsp3) is 0.615. The Bertz CT molecular complexity index is 376. The number of rotatable bonds is 7. The molecule has 0 aliphatic carbocycles. The molecule has 1 atom stereocenters. The fourth-order valence-electron chi connectivity index (χ4n) is 1.86. The van der Waals surface area contributed by atoms with Gasteiger partial charge in [-0.25, -0.2) is 4.98 Å². The lowest BCUT2D eigenvalue weighted by Gasteiger charge is -2.16. The van der Waals surface area contributed by atoms with Gasteiger partial charge in [0.1, 0.15) is 5.82 Å². The molecule has 0 amide bonds. The van der Waals surface area contributed by atoms with Crippen molar-refractivity contribution in [2.45, 2.75) is 32.4 Å². The van der Waals surface area contributed by atoms with E-state index in [0.29, 0.717) is 18.3 Å². The Balaban J connectivity index is 2.61. The van der Waals surface area contributed by atoms with Crippen LogP contribution in [-0.4, -0.2) is 17.4 Å². The number of halogens is 4. The Hall–Kier alpha value is -0.970. The second kappa shape index (κ2) is 7.58. The molecule has 2 nitrogen and oxygen atoms in total. The average Bonchev–Trinajstić information content (AvgIpc) is 2.36. The Labute approximate surface area is 116 Å². The summed E-state index contributed by atoms with van der Waals surface area (Å²) in [4.78, 5) is 3.90. The van der Waals surface area contributed by atoms with E-state index in [2.05, 4.69) is 17.2 Å². The first-order valence-electron chi connectivity index (χ1n) is 6.30. The molecule has 0 fully saturated rings. The lowest BCUT2D eigenvalue weighted by molar-refractivity contribution is -0.137. The summed E-state index contributed by atoms with van der Waals surface area (Å²) in [5.74, 6) is 1.17. The Morgan fingerprint density at radius 1 is 1.37 bits per heavy atom. The van der Waals surface area contributed by atoms with Crippen molar-refractivity contribution in [1.29, 1.82) is 0 Å². The van der Waals surface area contributed by atoms with Gasteiger partial charge in [-0.1, -0.05) is 13.3 Å². The van der Waals surface area contributed by atoms with Gasteiger partial charge in [0.05, 0.1) is 5.56 Å². The van der Waals surface area contributed by atoms with Crippen molar-refractivity contribution in [3.63, 3.8) is 0 Å². The summed E-state index contributed by atoms with van der Waals surface area (Å²) in [5, 5.41) is 2.96. The van der Waals surface area contributed by atoms with Gasteiger partial charge in [-0.3, -0.25) is 0 Å². The standard InChI is InChI=1S/C13H18ClF3N2/c1-2-3-10(4-6-14)9-19-12-8-11(5-7-18-12)13(15,16)17/h5,7-8,10H,2-4,6,9H2,1H3,(H,18,19). The van der Waals surface area contributed by atoms with E-state index >= 15 is 0 Å². The Morgan fingerprint density at radius 2 is 2.11 bits per heavy atom. The Morgan fingerprint density at radius 3 is 2.68 bits per heavy atom. The quantitative estimate of drug-likeness (QED) is 0.746. The van der Waals surface area contributed by atoms with Gasteiger partial charge in [0.2, 0.25) is 0 Å². The molecular weight excluding hydrogens is 277 g/mol. The van der Waals surface area contributed by atoms with Crippen LogP contribution in [0.4, 0.5) is 19.0 Å². The monoisotopic (exact) mass is 294 g/mol. The normalized spacial score (nSPS) is 13.3. The summed E-state index contributed by atoms with van der Waals surface area (Å²) in [6, 6.07) is 2.00. The third-order valence-electron chi connectivity index (χ3n) is 2.87. The van der Waals surface area contributed by atoms with Crippen LogP contribution < -0.4 is 5.32 Å². The minimum absolute atomic E-state index is 0.255. The third kappa shape index (κ3) is 5.68. The predicted molar refractivity (Wildman–Crippen MR) is 71.5 cm³/mol. The number of alkyl halides is 4. The van der Waals surface area contributed by atoms with Crippen molar-refractivity contribution in [3.8, 4) is 0 Å². The van der Waals surface area contributed by atoms with Crippen molar-refractivity contribution in [2.75, 3.05) is 17.7 Å². The van der Waals surface area contributed by atoms with Crippen LogP contribution in [0.5, 0.6) is 0 Å². The van der Waals surface area contributed by atoms with Gasteiger partial charge >= 0.3 is 6.18 Å². The van der Waals surface area contributed by atoms with E-state index in [1.54, 1.807) is 0 Å². The number of hydrogen-bond donors (Lipinski definition) is 1. The molecule has 1 N–H and O–H groups in total. The molecule has 6 heteroatoms. The highest BCUT2D eigenvalue weighted by Crippen LogP contribution is 2.30. The van der Waals surface area contributed by atoms with Gasteiger partial charge in [-0.15, -0.1) is 11.6 Å². The van der Waals surface area contributed by atoms with Crippen molar-refractivity contribution in [3.05, 3.63) is 23.9 Å². The number of pyridine rings is 1. The van der Waals surface area contributed by atoms with Crippen molar-refractivity contribution in [1.82, 2.24) is 4.98 Å². The molecule has 0 aliphatic heterocycles. The molecule has 0 bridgehead atoms. The van der Waals surface area contributed by atoms with Crippen LogP contribution in [0, 0.1) is 5.92 Å². The summed E-state index contributed by atoms with van der Waals surface area (Å²) in [5.41, 5.74) is -0.686. The first-order chi connectivity index (χ1) is 8.97. The molecule has 0 saturated heterocycles. The molecule has 1 rings (SSSR count). The molecule has 1 unspecified atom stereocenters. The number of anilines is 1. The van der Waals surface area contributed by atoms with E-state index in [1.807, 2.05) is 0 Å². The maximum Gasteiger partial charge on any atom is 0.416 e. The second-order valence-electron chi connectivity index (χ2n) is 4.44. The van der Waals surface area contributed by atoms with Gasteiger partial charge < -0.3 is 5.32 Å². The van der Waals surface area contributed by atoms with Gasteiger partial charge in [-0.2, -0.15) is 13.2 Å². The molecule has 0 spiro atoms. The molecule has 19 heavy (non-hydrogen) atoms. The molecule has 1 aromatic rings. The molecule has 0 aromatic carbocycles. The zero-order valence-electron chi connectivity index (χ0n) is 10.8. The molecule has 1 heterocycles. The smallest absolute Gasteiger partial charge is 0.370 e. The van der Waals surface area contributed by atoms with E-state index in [1.165, 1.54) is 6.20 Å². The number of nitrogens with one attached hydrogen (secondary N) is 1. The lowest BCUT2D eigenvalue weighted by atomic mass is 10.0. The van der Waals surface area contributed by atoms with Crippen LogP contribution in [-0.2, 0) is 6.18 Å². The second-order valence-corrected chi connectivity index (χ2v) is 4.82. The lowest BCUT2D eigenvalue weighted by Crippen LogP contribution is -2.16. The summed E-state index contributed by atoms with van der Waals surface area (Å²) in [6.45, 7) is 2.67. The topological polar surface area (TPSA) is 24.9 Å². The third-order valence-corrected chi connectivity index (χ3v) is 3.09. The van der Waals surface area contributed by atoms with Gasteiger partial charge in [0.25, 0.3) is 0 Å². The molecule has 0 saturated carbocycles. The molecule has 108 valence electrons. The number of aromatic nitrogens is 1. The largest absolute Gasteiger partial charge is 0.416 e. The summed E-state index contributed by atoms with van der Waals surface area (Å²) in [6.07, 6.45) is -0.293. The number of hydrogen-bond acceptors (Lipinski definition) is 2. The van der Waals surface area contributed by atoms with Crippen molar-refractivity contribution < 1.29 is 13.2 Å². The zero-order chi connectivity index (χ0) is 14.3. The van der Waals surface area contributed by atoms with E-state index in [0.717, 1.165) is 31.4 Å². The Kier molecular flexibility index (Phi) is 6.42. The highest BCUT2D eigenvalue weighted by atomic mass is 35.5. The zero-order valence-corrected chi connectivity index (χ0v) is 11.6. The first-order valence-corrected chi connectivity index (χ1v) is 6.84. The minimum atomic E-state index is -4.33. The van der Waals surface area contributed by atoms with Crippen LogP contribution >= 0.6 is 11.6 Å². The van der Waals surface area contributed by atoms with Gasteiger partial charge in [0.15, 0.2) is 0 Å². The van der Waals surface area contributed by atoms with E-state index in [9.17, 15) is 13.2 Å². The molecule has 0 radical (unpaired) electrons. The maximum atomic E-state index is 12.5. The highest BCUT2D eigenvalue weighted by molar-refractivity contribution is 6.17. The van der Waals surface area contributed by atoms with Crippen molar-refractivity contribution in [2.24, 2.45) is 5.92 Å². The maximum absolute atomic E-state index is 12.5. The van der Waals surface area contributed by atoms with Crippen LogP contribution in [0.25, 0.3) is 0 Å². The predicted octanol–water partition coefficient (Wildman–Crippen LogP) is 4.56. The van der Waals surface area contributed by atoms with Gasteiger partial charge in [-0.05, 0) is 30.9 Å². The van der Waals surface area contributed by atoms with E-state index in [4.69, 9.17) is 11.6 Å². The summed E-state index contributed by atoms with van der Waals surface area (Å²) < 4.78 is 37.6. The highest BCUT2D eigenvalue weighted by Gasteiger charge is 2.30. The fourth-order valence-corrected chi connectivity index (χ4v) is 2.17. The van der Waals surface area contributed by atoms with Gasteiger partial charge in [0, 0.05) is 18.6 Å². The summed E-state index contributed by atoms with van der Waals surface area (Å²) in [7, 11) is 0. The van der Waals surface area contributed by atoms with E-state index < -0.39 is 11.7 Å². The van der Waals surface area contributed by atoms with Crippen molar-refractivity contribution >= 4 is 17.4 Å². The minimum Gasteiger partial charge on any atom is -0.370 e.